The molecule has 0 N–H and O–H groups in total. The van der Waals surface area contributed by atoms with Gasteiger partial charge in [0.05, 0.1) is 5.71 Å². The lowest BCUT2D eigenvalue weighted by Gasteiger charge is -2.29. The van der Waals surface area contributed by atoms with E-state index in [1.54, 1.807) is 47.4 Å². The van der Waals surface area contributed by atoms with E-state index in [1.165, 1.54) is 12.1 Å². The van der Waals surface area contributed by atoms with E-state index in [2.05, 4.69) is 5.16 Å². The van der Waals surface area contributed by atoms with Crippen molar-refractivity contribution in [3.63, 3.8) is 0 Å². The molecule has 2 aliphatic rings. The second-order valence-electron chi connectivity index (χ2n) is 8.26. The normalized spacial score (nSPS) is 20.1. The third-order valence-corrected chi connectivity index (χ3v) is 6.25. The van der Waals surface area contributed by atoms with Gasteiger partial charge in [-0.25, -0.2) is 0 Å². The number of oxime groups is 1. The minimum atomic E-state index is -4.64. The maximum Gasteiger partial charge on any atom is 0.435 e. The molecule has 168 valence electrons. The molecule has 33 heavy (non-hydrogen) atoms. The van der Waals surface area contributed by atoms with Crippen molar-refractivity contribution in [3.05, 3.63) is 101 Å². The summed E-state index contributed by atoms with van der Waals surface area (Å²) in [6.45, 7) is 0.628. The van der Waals surface area contributed by atoms with Crippen LogP contribution in [0.2, 0.25) is 0 Å². The number of hydrogen-bond acceptors (Lipinski definition) is 3. The van der Waals surface area contributed by atoms with Crippen LogP contribution in [0.5, 0.6) is 0 Å². The second kappa shape index (κ2) is 8.06. The van der Waals surface area contributed by atoms with E-state index >= 15 is 0 Å². The minimum absolute atomic E-state index is 0.00631. The van der Waals surface area contributed by atoms with Gasteiger partial charge in [-0.1, -0.05) is 65.8 Å². The Hall–Kier alpha value is -3.61. The highest BCUT2D eigenvalue weighted by atomic mass is 19.4. The van der Waals surface area contributed by atoms with Gasteiger partial charge in [0.2, 0.25) is 0 Å². The fraction of sp³-hybridized carbons (Fsp3) is 0.231. The van der Waals surface area contributed by atoms with Crippen molar-refractivity contribution in [1.29, 1.82) is 0 Å². The van der Waals surface area contributed by atoms with Crippen molar-refractivity contribution in [2.45, 2.75) is 31.0 Å². The van der Waals surface area contributed by atoms with Crippen LogP contribution in [-0.4, -0.2) is 24.3 Å². The van der Waals surface area contributed by atoms with Gasteiger partial charge in [-0.2, -0.15) is 13.2 Å². The number of carbonyl (C=O) groups is 1. The number of hydrogen-bond donors (Lipinski definition) is 0. The molecule has 2 heterocycles. The van der Waals surface area contributed by atoms with E-state index in [4.69, 9.17) is 4.84 Å². The number of aryl methyl sites for hydroxylation is 1. The van der Waals surface area contributed by atoms with Crippen LogP contribution in [-0.2, 0) is 16.9 Å². The predicted octanol–water partition coefficient (Wildman–Crippen LogP) is 5.86. The first-order chi connectivity index (χ1) is 15.9. The third kappa shape index (κ3) is 3.67. The molecule has 3 aromatic rings. The Bertz CT molecular complexity index is 1210. The van der Waals surface area contributed by atoms with E-state index in [0.717, 1.165) is 24.1 Å². The number of rotatable bonds is 3. The smallest absolute Gasteiger partial charge is 0.374 e. The van der Waals surface area contributed by atoms with Crippen LogP contribution in [0.4, 0.5) is 18.9 Å². The molecule has 0 fully saturated rings. The van der Waals surface area contributed by atoms with Gasteiger partial charge in [-0.05, 0) is 42.2 Å². The van der Waals surface area contributed by atoms with Crippen LogP contribution in [0.3, 0.4) is 0 Å². The third-order valence-electron chi connectivity index (χ3n) is 6.25. The average molecular weight is 450 g/mol. The molecule has 1 amide bonds. The Morgan fingerprint density at radius 1 is 0.939 bits per heavy atom. The van der Waals surface area contributed by atoms with Gasteiger partial charge in [-0.3, -0.25) is 4.79 Å². The van der Waals surface area contributed by atoms with E-state index in [-0.39, 0.29) is 17.2 Å². The van der Waals surface area contributed by atoms with Gasteiger partial charge in [0.15, 0.2) is 0 Å². The zero-order valence-electron chi connectivity index (χ0n) is 17.7. The highest BCUT2D eigenvalue weighted by Crippen LogP contribution is 2.48. The molecule has 0 radical (unpaired) electrons. The average Bonchev–Trinajstić information content (AvgIpc) is 3.31. The molecule has 0 saturated heterocycles. The number of halogens is 3. The number of benzene rings is 3. The van der Waals surface area contributed by atoms with Crippen molar-refractivity contribution >= 4 is 17.3 Å². The van der Waals surface area contributed by atoms with Crippen LogP contribution in [0.15, 0.2) is 84.0 Å². The highest BCUT2D eigenvalue weighted by Gasteiger charge is 2.62. The van der Waals surface area contributed by atoms with Crippen LogP contribution < -0.4 is 4.90 Å². The van der Waals surface area contributed by atoms with Gasteiger partial charge >= 0.3 is 6.18 Å². The van der Waals surface area contributed by atoms with E-state index in [1.807, 2.05) is 24.3 Å². The highest BCUT2D eigenvalue weighted by molar-refractivity contribution is 6.08. The van der Waals surface area contributed by atoms with Crippen molar-refractivity contribution in [2.75, 3.05) is 11.4 Å². The quantitative estimate of drug-likeness (QED) is 0.502. The van der Waals surface area contributed by atoms with Crippen molar-refractivity contribution in [3.8, 4) is 0 Å². The first kappa shape index (κ1) is 21.2. The predicted molar refractivity (Wildman–Crippen MR) is 119 cm³/mol. The Balaban J connectivity index is 1.38. The number of anilines is 1. The Kier molecular flexibility index (Phi) is 5.19. The molecule has 1 atom stereocenters. The maximum atomic E-state index is 14.0. The summed E-state index contributed by atoms with van der Waals surface area (Å²) in [5.74, 6) is -0.132. The minimum Gasteiger partial charge on any atom is -0.374 e. The zero-order chi connectivity index (χ0) is 23.1. The maximum absolute atomic E-state index is 14.0. The van der Waals surface area contributed by atoms with Crippen LogP contribution in [0.25, 0.3) is 0 Å². The molecular formula is C26H21F3N2O2. The lowest BCUT2D eigenvalue weighted by Crippen LogP contribution is -2.42. The molecule has 0 saturated carbocycles. The summed E-state index contributed by atoms with van der Waals surface area (Å²) < 4.78 is 42.1. The molecule has 5 rings (SSSR count). The molecule has 4 nitrogen and oxygen atoms in total. The molecule has 0 bridgehead atoms. The first-order valence-electron chi connectivity index (χ1n) is 10.8. The van der Waals surface area contributed by atoms with Gasteiger partial charge < -0.3 is 9.74 Å². The summed E-state index contributed by atoms with van der Waals surface area (Å²) in [5, 5.41) is 3.80. The van der Waals surface area contributed by atoms with Gasteiger partial charge in [0.25, 0.3) is 11.5 Å². The summed E-state index contributed by atoms with van der Waals surface area (Å²) in [5.41, 5.74) is 0.688. The fourth-order valence-electron chi connectivity index (χ4n) is 4.47. The number of amides is 1. The molecule has 0 aromatic heterocycles. The first-order valence-corrected chi connectivity index (χ1v) is 10.8. The van der Waals surface area contributed by atoms with E-state index < -0.39 is 18.2 Å². The molecule has 3 aromatic carbocycles. The number of fused-ring (bicyclic) bond motifs is 1. The molecular weight excluding hydrogens is 429 g/mol. The number of para-hydroxylation sites is 1. The van der Waals surface area contributed by atoms with Crippen molar-refractivity contribution in [1.82, 2.24) is 0 Å². The zero-order valence-corrected chi connectivity index (χ0v) is 17.7. The number of carbonyl (C=O) groups excluding carboxylic acids is 1. The monoisotopic (exact) mass is 450 g/mol. The summed E-state index contributed by atoms with van der Waals surface area (Å²) in [6.07, 6.45) is -3.26. The Morgan fingerprint density at radius 2 is 1.64 bits per heavy atom. The molecule has 0 spiro atoms. The number of nitrogens with zero attached hydrogens (tertiary/aromatic N) is 2. The van der Waals surface area contributed by atoms with Crippen LogP contribution in [0.1, 0.15) is 39.9 Å². The fourth-order valence-corrected chi connectivity index (χ4v) is 4.47. The molecule has 7 heteroatoms. The van der Waals surface area contributed by atoms with Crippen LogP contribution in [0, 0.1) is 0 Å². The van der Waals surface area contributed by atoms with Crippen LogP contribution >= 0.6 is 0 Å². The standard InChI is InChI=1S/C26H21F3N2O2/c27-26(28,29)25(21-9-2-1-3-10-21)17-22(30-33-25)18-12-14-20(15-13-18)24(32)31-16-6-8-19-7-4-5-11-23(19)31/h1-5,7,9-15H,6,8,16-17H2. The Morgan fingerprint density at radius 3 is 2.36 bits per heavy atom. The summed E-state index contributed by atoms with van der Waals surface area (Å²) in [4.78, 5) is 20.0. The van der Waals surface area contributed by atoms with Gasteiger partial charge in [0, 0.05) is 29.8 Å². The summed E-state index contributed by atoms with van der Waals surface area (Å²) >= 11 is 0. The molecule has 2 aliphatic heterocycles. The summed E-state index contributed by atoms with van der Waals surface area (Å²) in [7, 11) is 0. The van der Waals surface area contributed by atoms with Crippen molar-refractivity contribution in [2.24, 2.45) is 5.16 Å². The Labute approximate surface area is 189 Å². The lowest BCUT2D eigenvalue weighted by molar-refractivity contribution is -0.275. The van der Waals surface area contributed by atoms with Gasteiger partial charge in [0.1, 0.15) is 0 Å². The van der Waals surface area contributed by atoms with Gasteiger partial charge in [-0.15, -0.1) is 0 Å². The number of alkyl halides is 3. The topological polar surface area (TPSA) is 41.9 Å². The SMILES string of the molecule is O=C(c1ccc(C2=NOC(c3ccccc3)(C(F)(F)F)C2)cc1)N1CCCc2ccccc21. The largest absolute Gasteiger partial charge is 0.435 e. The molecule has 1 unspecified atom stereocenters. The lowest BCUT2D eigenvalue weighted by atomic mass is 9.86. The van der Waals surface area contributed by atoms with E-state index in [9.17, 15) is 18.0 Å². The van der Waals surface area contributed by atoms with Crippen molar-refractivity contribution < 1.29 is 22.8 Å². The second-order valence-corrected chi connectivity index (χ2v) is 8.26. The molecule has 0 aliphatic carbocycles. The van der Waals surface area contributed by atoms with E-state index in [0.29, 0.717) is 17.7 Å². The summed E-state index contributed by atoms with van der Waals surface area (Å²) in [6, 6.07) is 21.9.